The van der Waals surface area contributed by atoms with Gasteiger partial charge in [0.1, 0.15) is 11.6 Å². The lowest BCUT2D eigenvalue weighted by Crippen LogP contribution is -2.32. The van der Waals surface area contributed by atoms with E-state index in [1.54, 1.807) is 0 Å². The molecule has 2 aromatic heterocycles. The van der Waals surface area contributed by atoms with Gasteiger partial charge in [0.15, 0.2) is 0 Å². The van der Waals surface area contributed by atoms with Gasteiger partial charge in [0.2, 0.25) is 5.91 Å². The van der Waals surface area contributed by atoms with Crippen molar-refractivity contribution in [1.82, 2.24) is 20.3 Å². The third kappa shape index (κ3) is 3.79. The Bertz CT molecular complexity index is 974. The molecule has 1 aliphatic rings. The molecule has 1 aliphatic carbocycles. The molecule has 1 aromatic carbocycles. The van der Waals surface area contributed by atoms with Crippen molar-refractivity contribution in [2.24, 2.45) is 5.92 Å². The van der Waals surface area contributed by atoms with Crippen LogP contribution in [0.1, 0.15) is 36.0 Å². The molecule has 1 fully saturated rings. The monoisotopic (exact) mass is 363 g/mol. The molecule has 3 aromatic rings. The number of carbonyl (C=O) groups is 1. The third-order valence-electron chi connectivity index (χ3n) is 5.02. The first-order valence-corrected chi connectivity index (χ1v) is 9.39. The second-order valence-corrected chi connectivity index (χ2v) is 7.49. The summed E-state index contributed by atoms with van der Waals surface area (Å²) in [5.74, 6) is 1.84. The highest BCUT2D eigenvalue weighted by Gasteiger charge is 2.32. The summed E-state index contributed by atoms with van der Waals surface area (Å²) in [6.07, 6.45) is 4.68. The zero-order chi connectivity index (χ0) is 19.0. The maximum Gasteiger partial charge on any atom is 0.223 e. The number of aromatic amines is 1. The molecule has 4 rings (SSSR count). The molecule has 0 bridgehead atoms. The Balaban J connectivity index is 1.69. The number of amides is 1. The van der Waals surface area contributed by atoms with Gasteiger partial charge >= 0.3 is 0 Å². The highest BCUT2D eigenvalue weighted by molar-refractivity contribution is 5.84. The summed E-state index contributed by atoms with van der Waals surface area (Å²) in [6, 6.07) is 10.0. The Kier molecular flexibility index (Phi) is 4.56. The molecule has 2 N–H and O–H groups in total. The van der Waals surface area contributed by atoms with E-state index in [2.05, 4.69) is 32.4 Å². The number of aryl methyl sites for hydroxylation is 1. The third-order valence-corrected chi connectivity index (χ3v) is 5.02. The first-order valence-electron chi connectivity index (χ1n) is 9.39. The topological polar surface area (TPSA) is 73.9 Å². The summed E-state index contributed by atoms with van der Waals surface area (Å²) in [7, 11) is 3.92. The van der Waals surface area contributed by atoms with Crippen molar-refractivity contribution in [2.75, 3.05) is 19.0 Å². The van der Waals surface area contributed by atoms with E-state index in [-0.39, 0.29) is 17.9 Å². The van der Waals surface area contributed by atoms with Crippen molar-refractivity contribution in [3.63, 3.8) is 0 Å². The number of carbonyl (C=O) groups excluding carboxylic acids is 1. The van der Waals surface area contributed by atoms with E-state index in [1.165, 1.54) is 10.9 Å². The van der Waals surface area contributed by atoms with Crippen LogP contribution in [0.3, 0.4) is 0 Å². The number of hydrogen-bond donors (Lipinski definition) is 2. The van der Waals surface area contributed by atoms with Crippen LogP contribution in [-0.2, 0) is 11.2 Å². The van der Waals surface area contributed by atoms with Crippen LogP contribution in [0.25, 0.3) is 10.9 Å². The van der Waals surface area contributed by atoms with Gasteiger partial charge in [-0.05, 0) is 31.4 Å². The number of para-hydroxylation sites is 1. The number of H-pyrrole nitrogens is 1. The molecule has 0 unspecified atom stereocenters. The summed E-state index contributed by atoms with van der Waals surface area (Å²) in [5, 5.41) is 4.41. The van der Waals surface area contributed by atoms with Gasteiger partial charge in [-0.15, -0.1) is 0 Å². The minimum Gasteiger partial charge on any atom is -0.363 e. The predicted molar refractivity (Wildman–Crippen MR) is 107 cm³/mol. The lowest BCUT2D eigenvalue weighted by molar-refractivity contribution is -0.123. The van der Waals surface area contributed by atoms with Gasteiger partial charge in [-0.1, -0.05) is 18.2 Å². The second-order valence-electron chi connectivity index (χ2n) is 7.49. The average molecular weight is 363 g/mol. The second kappa shape index (κ2) is 7.02. The summed E-state index contributed by atoms with van der Waals surface area (Å²) in [5.41, 5.74) is 3.13. The quantitative estimate of drug-likeness (QED) is 0.706. The van der Waals surface area contributed by atoms with E-state index < -0.39 is 0 Å². The Hall–Kier alpha value is -2.89. The molecule has 1 saturated carbocycles. The number of benzene rings is 1. The molecule has 6 nitrogen and oxygen atoms in total. The number of nitrogens with one attached hydrogen (secondary N) is 2. The summed E-state index contributed by atoms with van der Waals surface area (Å²) in [4.78, 5) is 26.9. The van der Waals surface area contributed by atoms with Gasteiger partial charge in [0.05, 0.1) is 11.7 Å². The maximum absolute atomic E-state index is 12.5. The van der Waals surface area contributed by atoms with Crippen LogP contribution in [0.15, 0.2) is 36.5 Å². The number of aromatic nitrogens is 3. The molecule has 1 amide bonds. The first-order chi connectivity index (χ1) is 13.0. The lowest BCUT2D eigenvalue weighted by atomic mass is 10.0. The fourth-order valence-electron chi connectivity index (χ4n) is 3.37. The Morgan fingerprint density at radius 2 is 2.07 bits per heavy atom. The van der Waals surface area contributed by atoms with Crippen LogP contribution in [0.2, 0.25) is 0 Å². The van der Waals surface area contributed by atoms with Crippen LogP contribution >= 0.6 is 0 Å². The van der Waals surface area contributed by atoms with E-state index in [9.17, 15) is 4.79 Å². The SMILES string of the molecule is Cc1nc([C@H](Cc2c[nH]c3ccccc23)NC(=O)C2CC2)cc(N(C)C)n1. The van der Waals surface area contributed by atoms with Gasteiger partial charge in [-0.2, -0.15) is 0 Å². The van der Waals surface area contributed by atoms with E-state index >= 15 is 0 Å². The molecule has 0 aliphatic heterocycles. The van der Waals surface area contributed by atoms with E-state index in [4.69, 9.17) is 0 Å². The number of hydrogen-bond acceptors (Lipinski definition) is 4. The first kappa shape index (κ1) is 17.5. The number of fused-ring (bicyclic) bond motifs is 1. The molecule has 2 heterocycles. The molecule has 140 valence electrons. The summed E-state index contributed by atoms with van der Waals surface area (Å²) >= 11 is 0. The standard InChI is InChI=1S/C21H25N5O/c1-13-23-19(11-20(24-13)26(2)3)18(25-21(27)14-8-9-14)10-15-12-22-17-7-5-4-6-16(15)17/h4-7,11-12,14,18,22H,8-10H2,1-3H3,(H,25,27)/t18-/m0/s1. The maximum atomic E-state index is 12.5. The van der Waals surface area contributed by atoms with E-state index in [1.807, 2.05) is 50.3 Å². The van der Waals surface area contributed by atoms with Gasteiger partial charge < -0.3 is 15.2 Å². The zero-order valence-corrected chi connectivity index (χ0v) is 16.0. The summed E-state index contributed by atoms with van der Waals surface area (Å²) in [6.45, 7) is 1.89. The Labute approximate surface area is 159 Å². The largest absolute Gasteiger partial charge is 0.363 e. The van der Waals surface area contributed by atoms with Crippen LogP contribution in [0, 0.1) is 12.8 Å². The van der Waals surface area contributed by atoms with Gasteiger partial charge in [0, 0.05) is 49.6 Å². The number of anilines is 1. The molecule has 1 atom stereocenters. The van der Waals surface area contributed by atoms with E-state index in [0.717, 1.165) is 29.9 Å². The van der Waals surface area contributed by atoms with Crippen LogP contribution < -0.4 is 10.2 Å². The smallest absolute Gasteiger partial charge is 0.223 e. The molecule has 0 saturated heterocycles. The van der Waals surface area contributed by atoms with Crippen molar-refractivity contribution in [3.05, 3.63) is 53.6 Å². The highest BCUT2D eigenvalue weighted by atomic mass is 16.2. The highest BCUT2D eigenvalue weighted by Crippen LogP contribution is 2.31. The zero-order valence-electron chi connectivity index (χ0n) is 16.0. The summed E-state index contributed by atoms with van der Waals surface area (Å²) < 4.78 is 0. The van der Waals surface area contributed by atoms with Crippen LogP contribution in [-0.4, -0.2) is 35.0 Å². The normalized spacial score (nSPS) is 14.9. The average Bonchev–Trinajstić information content (AvgIpc) is 3.43. The van der Waals surface area contributed by atoms with Gasteiger partial charge in [0.25, 0.3) is 0 Å². The van der Waals surface area contributed by atoms with Gasteiger partial charge in [-0.3, -0.25) is 4.79 Å². The van der Waals surface area contributed by atoms with Crippen LogP contribution in [0.4, 0.5) is 5.82 Å². The van der Waals surface area contributed by atoms with Crippen molar-refractivity contribution in [2.45, 2.75) is 32.2 Å². The number of nitrogens with zero attached hydrogens (tertiary/aromatic N) is 3. The molecular weight excluding hydrogens is 338 g/mol. The molecule has 0 spiro atoms. The van der Waals surface area contributed by atoms with Crippen molar-refractivity contribution < 1.29 is 4.79 Å². The molecule has 27 heavy (non-hydrogen) atoms. The van der Waals surface area contributed by atoms with E-state index in [0.29, 0.717) is 12.2 Å². The fraction of sp³-hybridized carbons (Fsp3) is 0.381. The molecular formula is C21H25N5O. The van der Waals surface area contributed by atoms with Crippen molar-refractivity contribution in [1.29, 1.82) is 0 Å². The Morgan fingerprint density at radius 3 is 2.81 bits per heavy atom. The van der Waals surface area contributed by atoms with Crippen LogP contribution in [0.5, 0.6) is 0 Å². The molecule has 6 heteroatoms. The molecule has 0 radical (unpaired) electrons. The fourth-order valence-corrected chi connectivity index (χ4v) is 3.37. The number of rotatable bonds is 6. The minimum atomic E-state index is -0.183. The van der Waals surface area contributed by atoms with Crippen molar-refractivity contribution in [3.8, 4) is 0 Å². The predicted octanol–water partition coefficient (Wildman–Crippen LogP) is 3.14. The Morgan fingerprint density at radius 1 is 1.30 bits per heavy atom. The lowest BCUT2D eigenvalue weighted by Gasteiger charge is -2.21. The minimum absolute atomic E-state index is 0.127. The van der Waals surface area contributed by atoms with Crippen molar-refractivity contribution >= 4 is 22.6 Å². The van der Waals surface area contributed by atoms with Gasteiger partial charge in [-0.25, -0.2) is 9.97 Å².